The minimum absolute atomic E-state index is 0.0732. The topological polar surface area (TPSA) is 57.2 Å². The second-order valence-corrected chi connectivity index (χ2v) is 5.20. The van der Waals surface area contributed by atoms with Gasteiger partial charge in [-0.2, -0.15) is 0 Å². The number of nitrogens with zero attached hydrogens (tertiary/aromatic N) is 1. The van der Waals surface area contributed by atoms with E-state index in [2.05, 4.69) is 0 Å². The number of aromatic nitrogens is 1. The number of rotatable bonds is 1. The Labute approximate surface area is 121 Å². The molecule has 21 heavy (non-hydrogen) atoms. The zero-order chi connectivity index (χ0) is 14.4. The van der Waals surface area contributed by atoms with Gasteiger partial charge >= 0.3 is 0 Å². The van der Waals surface area contributed by atoms with Crippen molar-refractivity contribution in [3.8, 4) is 5.75 Å². The normalized spacial score (nSPS) is 16.7. The first kappa shape index (κ1) is 12.0. The van der Waals surface area contributed by atoms with Crippen LogP contribution < -0.4 is 16.0 Å². The van der Waals surface area contributed by atoms with Gasteiger partial charge < -0.3 is 10.5 Å². The Morgan fingerprint density at radius 1 is 1.10 bits per heavy atom. The van der Waals surface area contributed by atoms with E-state index >= 15 is 0 Å². The molecule has 1 atom stereocenters. The Balaban J connectivity index is 1.98. The molecule has 104 valence electrons. The molecule has 3 aromatic rings. The highest BCUT2D eigenvalue weighted by atomic mass is 16.5. The van der Waals surface area contributed by atoms with Crippen LogP contribution in [0.3, 0.4) is 0 Å². The van der Waals surface area contributed by atoms with Gasteiger partial charge in [-0.3, -0.25) is 9.36 Å². The van der Waals surface area contributed by atoms with Gasteiger partial charge in [0.05, 0.1) is 0 Å². The van der Waals surface area contributed by atoms with Crippen LogP contribution in [0.2, 0.25) is 0 Å². The number of nitrogen functional groups attached to an aromatic ring is 1. The van der Waals surface area contributed by atoms with Crippen LogP contribution in [0.1, 0.15) is 11.6 Å². The molecule has 1 aliphatic rings. The number of hydrogen-bond acceptors (Lipinski definition) is 3. The molecule has 4 rings (SSSR count). The van der Waals surface area contributed by atoms with Gasteiger partial charge in [-0.1, -0.05) is 36.4 Å². The summed E-state index contributed by atoms with van der Waals surface area (Å²) in [5, 5.41) is 1.54. The van der Waals surface area contributed by atoms with Gasteiger partial charge in [0.2, 0.25) is 0 Å². The van der Waals surface area contributed by atoms with Crippen LogP contribution in [0.5, 0.6) is 5.75 Å². The summed E-state index contributed by atoms with van der Waals surface area (Å²) in [5.74, 6) is 1.28. The number of para-hydroxylation sites is 1. The highest BCUT2D eigenvalue weighted by Gasteiger charge is 2.27. The van der Waals surface area contributed by atoms with Gasteiger partial charge in [0, 0.05) is 10.9 Å². The van der Waals surface area contributed by atoms with Gasteiger partial charge in [0.15, 0.2) is 0 Å². The van der Waals surface area contributed by atoms with E-state index in [0.717, 1.165) is 16.7 Å². The Kier molecular flexibility index (Phi) is 2.51. The quantitative estimate of drug-likeness (QED) is 0.744. The fourth-order valence-electron chi connectivity index (χ4n) is 2.97. The van der Waals surface area contributed by atoms with Crippen LogP contribution >= 0.6 is 0 Å². The highest BCUT2D eigenvalue weighted by molar-refractivity contribution is 5.83. The monoisotopic (exact) mass is 278 g/mol. The summed E-state index contributed by atoms with van der Waals surface area (Å²) >= 11 is 0. The van der Waals surface area contributed by atoms with E-state index in [-0.39, 0.29) is 11.6 Å². The molecule has 0 saturated heterocycles. The second kappa shape index (κ2) is 4.38. The van der Waals surface area contributed by atoms with Crippen molar-refractivity contribution in [3.63, 3.8) is 0 Å². The molecule has 1 unspecified atom stereocenters. The van der Waals surface area contributed by atoms with E-state index in [1.54, 1.807) is 4.57 Å². The Bertz CT molecular complexity index is 899. The molecular formula is C17H14N2O2. The van der Waals surface area contributed by atoms with Crippen molar-refractivity contribution in [1.82, 2.24) is 4.57 Å². The maximum Gasteiger partial charge on any atom is 0.260 e. The van der Waals surface area contributed by atoms with Crippen molar-refractivity contribution >= 4 is 16.6 Å². The molecule has 0 amide bonds. The summed E-state index contributed by atoms with van der Waals surface area (Å²) in [6, 6.07) is 16.9. The second-order valence-electron chi connectivity index (χ2n) is 5.20. The predicted octanol–water partition coefficient (Wildman–Crippen LogP) is 2.57. The molecule has 4 nitrogen and oxygen atoms in total. The number of hydrogen-bond donors (Lipinski definition) is 1. The third kappa shape index (κ3) is 1.72. The Hall–Kier alpha value is -2.75. The first-order valence-corrected chi connectivity index (χ1v) is 6.87. The third-order valence-electron chi connectivity index (χ3n) is 3.98. The van der Waals surface area contributed by atoms with Crippen molar-refractivity contribution in [2.24, 2.45) is 0 Å². The number of ether oxygens (including phenoxy) is 1. The standard InChI is InChI=1S/C17H14N2O2/c18-16-9-11-5-1-2-6-12(11)17(20)19(16)14-10-21-15-8-4-3-7-13(14)15/h1-9,14H,10,18H2. The summed E-state index contributed by atoms with van der Waals surface area (Å²) in [6.45, 7) is 0.432. The number of pyridine rings is 1. The average molecular weight is 278 g/mol. The van der Waals surface area contributed by atoms with Crippen molar-refractivity contribution in [2.75, 3.05) is 12.3 Å². The summed E-state index contributed by atoms with van der Waals surface area (Å²) < 4.78 is 7.31. The van der Waals surface area contributed by atoms with E-state index in [1.165, 1.54) is 0 Å². The van der Waals surface area contributed by atoms with Crippen LogP contribution in [-0.4, -0.2) is 11.2 Å². The minimum atomic E-state index is -0.168. The molecule has 0 saturated carbocycles. The van der Waals surface area contributed by atoms with E-state index < -0.39 is 0 Å². The lowest BCUT2D eigenvalue weighted by molar-refractivity contribution is 0.316. The number of benzene rings is 2. The maximum atomic E-state index is 12.8. The number of fused-ring (bicyclic) bond motifs is 2. The summed E-state index contributed by atoms with van der Waals surface area (Å²) in [6.07, 6.45) is 0. The Morgan fingerprint density at radius 3 is 2.76 bits per heavy atom. The molecule has 2 heterocycles. The lowest BCUT2D eigenvalue weighted by atomic mass is 10.1. The average Bonchev–Trinajstić information content (AvgIpc) is 2.91. The van der Waals surface area contributed by atoms with E-state index in [4.69, 9.17) is 10.5 Å². The molecule has 1 aliphatic heterocycles. The molecule has 0 radical (unpaired) electrons. The molecule has 4 heteroatoms. The van der Waals surface area contributed by atoms with E-state index in [9.17, 15) is 4.79 Å². The predicted molar refractivity (Wildman–Crippen MR) is 82.7 cm³/mol. The van der Waals surface area contributed by atoms with Gasteiger partial charge in [-0.25, -0.2) is 0 Å². The lowest BCUT2D eigenvalue weighted by Crippen LogP contribution is -2.28. The minimum Gasteiger partial charge on any atom is -0.491 e. The van der Waals surface area contributed by atoms with Gasteiger partial charge in [0.25, 0.3) is 5.56 Å². The Morgan fingerprint density at radius 2 is 1.86 bits per heavy atom. The molecule has 1 aromatic heterocycles. The number of nitrogens with two attached hydrogens (primary N) is 1. The number of anilines is 1. The lowest BCUT2D eigenvalue weighted by Gasteiger charge is -2.17. The smallest absolute Gasteiger partial charge is 0.260 e. The zero-order valence-electron chi connectivity index (χ0n) is 11.3. The molecule has 2 N–H and O–H groups in total. The molecule has 0 fully saturated rings. The van der Waals surface area contributed by atoms with Crippen LogP contribution in [0, 0.1) is 0 Å². The summed E-state index contributed by atoms with van der Waals surface area (Å²) in [5.41, 5.74) is 7.06. The summed E-state index contributed by atoms with van der Waals surface area (Å²) in [4.78, 5) is 12.8. The van der Waals surface area contributed by atoms with Crippen molar-refractivity contribution in [1.29, 1.82) is 0 Å². The summed E-state index contributed by atoms with van der Waals surface area (Å²) in [7, 11) is 0. The highest BCUT2D eigenvalue weighted by Crippen LogP contribution is 2.35. The van der Waals surface area contributed by atoms with Crippen molar-refractivity contribution in [3.05, 3.63) is 70.5 Å². The first-order valence-electron chi connectivity index (χ1n) is 6.87. The largest absolute Gasteiger partial charge is 0.491 e. The molecule has 0 aliphatic carbocycles. The molecule has 2 aromatic carbocycles. The van der Waals surface area contributed by atoms with Crippen molar-refractivity contribution < 1.29 is 4.74 Å². The first-order chi connectivity index (χ1) is 10.3. The zero-order valence-corrected chi connectivity index (χ0v) is 11.3. The van der Waals surface area contributed by atoms with E-state index in [0.29, 0.717) is 17.8 Å². The fourth-order valence-corrected chi connectivity index (χ4v) is 2.97. The van der Waals surface area contributed by atoms with Crippen LogP contribution in [0.4, 0.5) is 5.82 Å². The van der Waals surface area contributed by atoms with Gasteiger partial charge in [-0.05, 0) is 23.6 Å². The van der Waals surface area contributed by atoms with Gasteiger partial charge in [-0.15, -0.1) is 0 Å². The van der Waals surface area contributed by atoms with E-state index in [1.807, 2.05) is 54.6 Å². The van der Waals surface area contributed by atoms with Crippen LogP contribution in [0.25, 0.3) is 10.8 Å². The molecular weight excluding hydrogens is 264 g/mol. The molecule has 0 bridgehead atoms. The third-order valence-corrected chi connectivity index (χ3v) is 3.98. The molecule has 0 spiro atoms. The maximum absolute atomic E-state index is 12.8. The van der Waals surface area contributed by atoms with Crippen LogP contribution in [-0.2, 0) is 0 Å². The fraction of sp³-hybridized carbons (Fsp3) is 0.118. The van der Waals surface area contributed by atoms with Crippen LogP contribution in [0.15, 0.2) is 59.4 Å². The van der Waals surface area contributed by atoms with Gasteiger partial charge in [0.1, 0.15) is 24.2 Å². The van der Waals surface area contributed by atoms with Crippen molar-refractivity contribution in [2.45, 2.75) is 6.04 Å². The SMILES string of the molecule is Nc1cc2ccccc2c(=O)n1C1COc2ccccc21.